The van der Waals surface area contributed by atoms with E-state index < -0.39 is 5.82 Å². The first-order chi connectivity index (χ1) is 15.2. The molecule has 0 atom stereocenters. The normalized spacial score (nSPS) is 11.2. The molecule has 150 valence electrons. The standard InChI is InChI=1S/C27H20FN3/c1-3-11-19(4-2)22-16-17-23(24(28)18-22)27-30-25(20-12-7-5-8-13-20)29-26(31-27)21-14-9-6-10-15-21/h3-18H,1-2H2/b19-11+. The summed E-state index contributed by atoms with van der Waals surface area (Å²) in [6.07, 6.45) is 5.10. The Balaban J connectivity index is 1.87. The maximum atomic E-state index is 15.2. The number of hydrogen-bond acceptors (Lipinski definition) is 3. The molecule has 0 amide bonds. The van der Waals surface area contributed by atoms with Crippen molar-refractivity contribution in [3.8, 4) is 34.2 Å². The molecule has 31 heavy (non-hydrogen) atoms. The van der Waals surface area contributed by atoms with Gasteiger partial charge < -0.3 is 0 Å². The van der Waals surface area contributed by atoms with Crippen LogP contribution in [0.3, 0.4) is 0 Å². The fourth-order valence-electron chi connectivity index (χ4n) is 3.21. The Morgan fingerprint density at radius 2 is 1.26 bits per heavy atom. The van der Waals surface area contributed by atoms with Crippen LogP contribution in [-0.4, -0.2) is 15.0 Å². The minimum absolute atomic E-state index is 0.282. The molecule has 4 heteroatoms. The quantitative estimate of drug-likeness (QED) is 0.332. The van der Waals surface area contributed by atoms with Gasteiger partial charge in [-0.05, 0) is 23.3 Å². The SMILES string of the molecule is C=C/C=C(\C=C)c1ccc(-c2nc(-c3ccccc3)nc(-c3ccccc3)n2)c(F)c1. The number of aromatic nitrogens is 3. The number of nitrogens with zero attached hydrogens (tertiary/aromatic N) is 3. The lowest BCUT2D eigenvalue weighted by atomic mass is 10.0. The first-order valence-corrected chi connectivity index (χ1v) is 9.82. The predicted molar refractivity (Wildman–Crippen MR) is 124 cm³/mol. The summed E-state index contributed by atoms with van der Waals surface area (Å²) >= 11 is 0. The van der Waals surface area contributed by atoms with E-state index in [0.29, 0.717) is 22.8 Å². The largest absolute Gasteiger partial charge is 0.208 e. The minimum atomic E-state index is -0.418. The van der Waals surface area contributed by atoms with Gasteiger partial charge >= 0.3 is 0 Å². The van der Waals surface area contributed by atoms with Gasteiger partial charge in [-0.15, -0.1) is 0 Å². The smallest absolute Gasteiger partial charge is 0.167 e. The zero-order valence-electron chi connectivity index (χ0n) is 16.9. The summed E-state index contributed by atoms with van der Waals surface area (Å²) in [4.78, 5) is 13.8. The van der Waals surface area contributed by atoms with Crippen molar-refractivity contribution < 1.29 is 4.39 Å². The summed E-state index contributed by atoms with van der Waals surface area (Å²) in [6.45, 7) is 7.48. The van der Waals surface area contributed by atoms with Gasteiger partial charge in [0.15, 0.2) is 17.5 Å². The van der Waals surface area contributed by atoms with Gasteiger partial charge in [0.2, 0.25) is 0 Å². The lowest BCUT2D eigenvalue weighted by Gasteiger charge is -2.10. The van der Waals surface area contributed by atoms with Crippen molar-refractivity contribution in [3.05, 3.63) is 122 Å². The Bertz CT molecular complexity index is 1200. The third-order valence-corrected chi connectivity index (χ3v) is 4.76. The molecular weight excluding hydrogens is 385 g/mol. The highest BCUT2D eigenvalue weighted by molar-refractivity contribution is 5.76. The zero-order valence-corrected chi connectivity index (χ0v) is 16.9. The highest BCUT2D eigenvalue weighted by Crippen LogP contribution is 2.28. The van der Waals surface area contributed by atoms with Crippen LogP contribution in [0.15, 0.2) is 110 Å². The van der Waals surface area contributed by atoms with E-state index in [2.05, 4.69) is 28.1 Å². The van der Waals surface area contributed by atoms with E-state index in [4.69, 9.17) is 0 Å². The van der Waals surface area contributed by atoms with Crippen LogP contribution >= 0.6 is 0 Å². The monoisotopic (exact) mass is 405 g/mol. The summed E-state index contributed by atoms with van der Waals surface area (Å²) in [6, 6.07) is 24.2. The van der Waals surface area contributed by atoms with Crippen molar-refractivity contribution in [2.75, 3.05) is 0 Å². The fourth-order valence-corrected chi connectivity index (χ4v) is 3.21. The summed E-state index contributed by atoms with van der Waals surface area (Å²) in [7, 11) is 0. The zero-order chi connectivity index (χ0) is 21.6. The van der Waals surface area contributed by atoms with Gasteiger partial charge in [-0.25, -0.2) is 19.3 Å². The molecule has 0 unspecified atom stereocenters. The van der Waals surface area contributed by atoms with Crippen molar-refractivity contribution in [1.82, 2.24) is 15.0 Å². The Kier molecular flexibility index (Phi) is 5.90. The topological polar surface area (TPSA) is 38.7 Å². The number of halogens is 1. The van der Waals surface area contributed by atoms with Crippen LogP contribution in [0.5, 0.6) is 0 Å². The van der Waals surface area contributed by atoms with E-state index in [0.717, 1.165) is 16.7 Å². The Morgan fingerprint density at radius 1 is 0.710 bits per heavy atom. The van der Waals surface area contributed by atoms with Crippen LogP contribution in [0.4, 0.5) is 4.39 Å². The van der Waals surface area contributed by atoms with Gasteiger partial charge in [-0.3, -0.25) is 0 Å². The van der Waals surface area contributed by atoms with E-state index in [1.807, 2.05) is 66.7 Å². The second-order valence-electron chi connectivity index (χ2n) is 6.79. The van der Waals surface area contributed by atoms with Crippen molar-refractivity contribution in [2.24, 2.45) is 0 Å². The molecule has 0 N–H and O–H groups in total. The molecule has 4 aromatic rings. The van der Waals surface area contributed by atoms with E-state index >= 15 is 4.39 Å². The van der Waals surface area contributed by atoms with Crippen LogP contribution < -0.4 is 0 Å². The molecule has 3 nitrogen and oxygen atoms in total. The third-order valence-electron chi connectivity index (χ3n) is 4.76. The third kappa shape index (κ3) is 4.38. The Labute approximate surface area is 181 Å². The molecule has 1 heterocycles. The molecule has 0 radical (unpaired) electrons. The summed E-state index contributed by atoms with van der Waals surface area (Å²) in [5.74, 6) is 0.848. The van der Waals surface area contributed by atoms with Crippen molar-refractivity contribution in [3.63, 3.8) is 0 Å². The van der Waals surface area contributed by atoms with Gasteiger partial charge in [0.25, 0.3) is 0 Å². The fraction of sp³-hybridized carbons (Fsp3) is 0. The van der Waals surface area contributed by atoms with Crippen molar-refractivity contribution in [1.29, 1.82) is 0 Å². The molecule has 3 aromatic carbocycles. The van der Waals surface area contributed by atoms with Crippen LogP contribution in [-0.2, 0) is 0 Å². The Morgan fingerprint density at radius 3 is 1.74 bits per heavy atom. The van der Waals surface area contributed by atoms with E-state index in [1.54, 1.807) is 24.3 Å². The highest BCUT2D eigenvalue weighted by Gasteiger charge is 2.15. The molecule has 0 spiro atoms. The minimum Gasteiger partial charge on any atom is -0.208 e. The van der Waals surface area contributed by atoms with Gasteiger partial charge in [-0.2, -0.15) is 0 Å². The number of allylic oxidation sites excluding steroid dienone is 4. The predicted octanol–water partition coefficient (Wildman–Crippen LogP) is 6.77. The van der Waals surface area contributed by atoms with Gasteiger partial charge in [0.05, 0.1) is 5.56 Å². The molecular formula is C27H20FN3. The second kappa shape index (κ2) is 9.09. The van der Waals surface area contributed by atoms with Crippen LogP contribution in [0.25, 0.3) is 39.7 Å². The van der Waals surface area contributed by atoms with E-state index in [-0.39, 0.29) is 5.82 Å². The van der Waals surface area contributed by atoms with Gasteiger partial charge in [0, 0.05) is 11.1 Å². The molecule has 0 bridgehead atoms. The lowest BCUT2D eigenvalue weighted by molar-refractivity contribution is 0.629. The second-order valence-corrected chi connectivity index (χ2v) is 6.79. The average Bonchev–Trinajstić information content (AvgIpc) is 2.83. The maximum absolute atomic E-state index is 15.2. The summed E-state index contributed by atoms with van der Waals surface area (Å²) < 4.78 is 15.2. The average molecular weight is 405 g/mol. The molecule has 0 aliphatic heterocycles. The first kappa shape index (κ1) is 20.1. The molecule has 4 rings (SSSR count). The Hall–Kier alpha value is -4.18. The van der Waals surface area contributed by atoms with E-state index in [9.17, 15) is 0 Å². The number of benzene rings is 3. The molecule has 0 saturated heterocycles. The van der Waals surface area contributed by atoms with Gasteiger partial charge in [0.1, 0.15) is 5.82 Å². The molecule has 0 fully saturated rings. The highest BCUT2D eigenvalue weighted by atomic mass is 19.1. The maximum Gasteiger partial charge on any atom is 0.167 e. The molecule has 0 saturated carbocycles. The van der Waals surface area contributed by atoms with Gasteiger partial charge in [-0.1, -0.05) is 98.1 Å². The number of hydrogen-bond donors (Lipinski definition) is 0. The first-order valence-electron chi connectivity index (χ1n) is 9.82. The van der Waals surface area contributed by atoms with Crippen molar-refractivity contribution in [2.45, 2.75) is 0 Å². The lowest BCUT2D eigenvalue weighted by Crippen LogP contribution is -2.01. The van der Waals surface area contributed by atoms with E-state index in [1.165, 1.54) is 6.07 Å². The molecule has 1 aromatic heterocycles. The summed E-state index contributed by atoms with van der Waals surface area (Å²) in [5, 5.41) is 0. The summed E-state index contributed by atoms with van der Waals surface area (Å²) in [5.41, 5.74) is 3.47. The van der Waals surface area contributed by atoms with Crippen LogP contribution in [0, 0.1) is 5.82 Å². The van der Waals surface area contributed by atoms with Crippen molar-refractivity contribution >= 4 is 5.57 Å². The van der Waals surface area contributed by atoms with Crippen LogP contribution in [0.1, 0.15) is 5.56 Å². The number of rotatable bonds is 6. The van der Waals surface area contributed by atoms with Crippen LogP contribution in [0.2, 0.25) is 0 Å². The molecule has 0 aliphatic rings. The molecule has 0 aliphatic carbocycles.